The SMILES string of the molecule is COc1ccc(C[C@@H](C[C@H](C)C(=O)O)NCl)cc1. The average Bonchev–Trinajstić information content (AvgIpc) is 2.38. The van der Waals surface area contributed by atoms with Gasteiger partial charge < -0.3 is 9.84 Å². The van der Waals surface area contributed by atoms with Crippen molar-refractivity contribution in [3.8, 4) is 5.75 Å². The van der Waals surface area contributed by atoms with Gasteiger partial charge in [-0.1, -0.05) is 19.1 Å². The fraction of sp³-hybridized carbons (Fsp3) is 0.462. The van der Waals surface area contributed by atoms with E-state index >= 15 is 0 Å². The minimum atomic E-state index is -0.804. The molecule has 100 valence electrons. The Morgan fingerprint density at radius 3 is 2.50 bits per heavy atom. The van der Waals surface area contributed by atoms with Crippen LogP contribution in [0.15, 0.2) is 24.3 Å². The number of hydrogen-bond donors (Lipinski definition) is 2. The van der Waals surface area contributed by atoms with Crippen molar-refractivity contribution in [3.63, 3.8) is 0 Å². The molecule has 0 unspecified atom stereocenters. The highest BCUT2D eigenvalue weighted by molar-refractivity contribution is 6.13. The maximum Gasteiger partial charge on any atom is 0.306 e. The van der Waals surface area contributed by atoms with Crippen LogP contribution < -0.4 is 9.57 Å². The normalized spacial score (nSPS) is 13.9. The Kier molecular flexibility index (Phi) is 5.95. The molecule has 4 nitrogen and oxygen atoms in total. The lowest BCUT2D eigenvalue weighted by Gasteiger charge is -2.17. The zero-order valence-electron chi connectivity index (χ0n) is 10.5. The maximum atomic E-state index is 10.8. The first-order chi connectivity index (χ1) is 8.56. The first-order valence-electron chi connectivity index (χ1n) is 5.78. The van der Waals surface area contributed by atoms with Crippen molar-refractivity contribution in [2.24, 2.45) is 5.92 Å². The molecule has 0 fully saturated rings. The molecule has 0 bridgehead atoms. The molecule has 5 heteroatoms. The topological polar surface area (TPSA) is 58.6 Å². The number of carboxylic acids is 1. The molecule has 2 atom stereocenters. The Bertz CT molecular complexity index is 380. The Balaban J connectivity index is 2.58. The number of nitrogens with one attached hydrogen (secondary N) is 1. The fourth-order valence-corrected chi connectivity index (χ4v) is 1.91. The van der Waals surface area contributed by atoms with Crippen LogP contribution in [0.1, 0.15) is 18.9 Å². The highest BCUT2D eigenvalue weighted by atomic mass is 35.5. The highest BCUT2D eigenvalue weighted by Crippen LogP contribution is 2.16. The van der Waals surface area contributed by atoms with Crippen LogP contribution in [-0.2, 0) is 11.2 Å². The van der Waals surface area contributed by atoms with Crippen molar-refractivity contribution >= 4 is 17.7 Å². The van der Waals surface area contributed by atoms with E-state index in [4.69, 9.17) is 21.6 Å². The molecular formula is C13H18ClNO3. The number of hydrogen-bond acceptors (Lipinski definition) is 3. The van der Waals surface area contributed by atoms with Gasteiger partial charge in [0.05, 0.1) is 13.0 Å². The standard InChI is InChI=1S/C13H18ClNO3/c1-9(13(16)17)7-11(15-14)8-10-3-5-12(18-2)6-4-10/h3-6,9,11,15H,7-8H2,1-2H3,(H,16,17)/t9-,11+/m0/s1. The monoisotopic (exact) mass is 271 g/mol. The summed E-state index contributed by atoms with van der Waals surface area (Å²) in [6.07, 6.45) is 1.18. The zero-order chi connectivity index (χ0) is 13.5. The summed E-state index contributed by atoms with van der Waals surface area (Å²) in [4.78, 5) is 13.4. The van der Waals surface area contributed by atoms with Gasteiger partial charge in [-0.15, -0.1) is 0 Å². The summed E-state index contributed by atoms with van der Waals surface area (Å²) in [6.45, 7) is 1.68. The molecule has 1 rings (SSSR count). The third-order valence-corrected chi connectivity index (χ3v) is 3.16. The number of ether oxygens (including phenoxy) is 1. The van der Waals surface area contributed by atoms with Crippen molar-refractivity contribution in [1.82, 2.24) is 4.84 Å². The molecule has 1 aromatic carbocycles. The van der Waals surface area contributed by atoms with Crippen LogP contribution in [0.2, 0.25) is 0 Å². The lowest BCUT2D eigenvalue weighted by Crippen LogP contribution is -2.28. The van der Waals surface area contributed by atoms with Crippen LogP contribution >= 0.6 is 11.8 Å². The van der Waals surface area contributed by atoms with Crippen molar-refractivity contribution in [2.75, 3.05) is 7.11 Å². The van der Waals surface area contributed by atoms with Gasteiger partial charge in [0.2, 0.25) is 0 Å². The smallest absolute Gasteiger partial charge is 0.306 e. The first kappa shape index (κ1) is 14.8. The average molecular weight is 272 g/mol. The van der Waals surface area contributed by atoms with Gasteiger partial charge in [0.25, 0.3) is 0 Å². The van der Waals surface area contributed by atoms with E-state index < -0.39 is 11.9 Å². The fourth-order valence-electron chi connectivity index (χ4n) is 1.74. The molecule has 0 aromatic heterocycles. The van der Waals surface area contributed by atoms with E-state index in [1.807, 2.05) is 24.3 Å². The summed E-state index contributed by atoms with van der Waals surface area (Å²) in [5.74, 6) is -0.422. The quantitative estimate of drug-likeness (QED) is 0.748. The second-order valence-electron chi connectivity index (χ2n) is 4.33. The molecule has 18 heavy (non-hydrogen) atoms. The Morgan fingerprint density at radius 1 is 1.44 bits per heavy atom. The second-order valence-corrected chi connectivity index (χ2v) is 4.55. The van der Waals surface area contributed by atoms with E-state index in [0.29, 0.717) is 12.8 Å². The van der Waals surface area contributed by atoms with Gasteiger partial charge in [-0.2, -0.15) is 0 Å². The molecule has 0 radical (unpaired) electrons. The van der Waals surface area contributed by atoms with E-state index in [2.05, 4.69) is 4.84 Å². The van der Waals surface area contributed by atoms with Crippen LogP contribution in [0.5, 0.6) is 5.75 Å². The molecular weight excluding hydrogens is 254 g/mol. The van der Waals surface area contributed by atoms with Crippen molar-refractivity contribution in [2.45, 2.75) is 25.8 Å². The third-order valence-electron chi connectivity index (χ3n) is 2.86. The Labute approximate surface area is 112 Å². The van der Waals surface area contributed by atoms with Crippen molar-refractivity contribution < 1.29 is 14.6 Å². The maximum absolute atomic E-state index is 10.8. The van der Waals surface area contributed by atoms with Crippen LogP contribution in [0, 0.1) is 5.92 Å². The molecule has 0 aliphatic carbocycles. The van der Waals surface area contributed by atoms with Crippen molar-refractivity contribution in [3.05, 3.63) is 29.8 Å². The number of halogens is 1. The summed E-state index contributed by atoms with van der Waals surface area (Å²) in [5.41, 5.74) is 1.09. The summed E-state index contributed by atoms with van der Waals surface area (Å²) >= 11 is 5.66. The van der Waals surface area contributed by atoms with Crippen molar-refractivity contribution in [1.29, 1.82) is 0 Å². The van der Waals surface area contributed by atoms with E-state index in [-0.39, 0.29) is 6.04 Å². The molecule has 0 aliphatic rings. The summed E-state index contributed by atoms with van der Waals surface area (Å²) in [5, 5.41) is 8.87. The lowest BCUT2D eigenvalue weighted by molar-refractivity contribution is -0.141. The Morgan fingerprint density at radius 2 is 2.06 bits per heavy atom. The number of carbonyl (C=O) groups is 1. The molecule has 0 amide bonds. The summed E-state index contributed by atoms with van der Waals surface area (Å²) in [6, 6.07) is 7.59. The highest BCUT2D eigenvalue weighted by Gasteiger charge is 2.18. The van der Waals surface area contributed by atoms with Gasteiger partial charge >= 0.3 is 5.97 Å². The largest absolute Gasteiger partial charge is 0.497 e. The number of aliphatic carboxylic acids is 1. The van der Waals surface area contributed by atoms with E-state index in [9.17, 15) is 4.79 Å². The molecule has 0 saturated carbocycles. The molecule has 0 heterocycles. The van der Waals surface area contributed by atoms with Gasteiger partial charge in [-0.05, 0) is 42.3 Å². The van der Waals surface area contributed by atoms with Gasteiger partial charge in [-0.3, -0.25) is 4.79 Å². The van der Waals surface area contributed by atoms with E-state index in [1.165, 1.54) is 0 Å². The third kappa shape index (κ3) is 4.55. The summed E-state index contributed by atoms with van der Waals surface area (Å²) < 4.78 is 5.08. The minimum absolute atomic E-state index is 0.0637. The minimum Gasteiger partial charge on any atom is -0.497 e. The number of benzene rings is 1. The number of carboxylic acid groups (broad SMARTS) is 1. The van der Waals surface area contributed by atoms with Gasteiger partial charge in [0.1, 0.15) is 5.75 Å². The van der Waals surface area contributed by atoms with Crippen LogP contribution in [0.4, 0.5) is 0 Å². The van der Waals surface area contributed by atoms with Crippen LogP contribution in [0.25, 0.3) is 0 Å². The van der Waals surface area contributed by atoms with Crippen LogP contribution in [0.3, 0.4) is 0 Å². The van der Waals surface area contributed by atoms with E-state index in [0.717, 1.165) is 11.3 Å². The molecule has 0 aliphatic heterocycles. The second kappa shape index (κ2) is 7.24. The molecule has 2 N–H and O–H groups in total. The molecule has 0 saturated heterocycles. The van der Waals surface area contributed by atoms with E-state index in [1.54, 1.807) is 14.0 Å². The predicted octanol–water partition coefficient (Wildman–Crippen LogP) is 2.46. The lowest BCUT2D eigenvalue weighted by atomic mass is 9.97. The molecule has 1 aromatic rings. The zero-order valence-corrected chi connectivity index (χ0v) is 11.3. The first-order valence-corrected chi connectivity index (χ1v) is 6.16. The predicted molar refractivity (Wildman–Crippen MR) is 70.9 cm³/mol. The molecule has 0 spiro atoms. The van der Waals surface area contributed by atoms with Gasteiger partial charge in [0, 0.05) is 6.04 Å². The van der Waals surface area contributed by atoms with Gasteiger partial charge in [-0.25, -0.2) is 4.84 Å². The van der Waals surface area contributed by atoms with Crippen LogP contribution in [-0.4, -0.2) is 24.2 Å². The summed E-state index contributed by atoms with van der Waals surface area (Å²) in [7, 11) is 1.62. The van der Waals surface area contributed by atoms with Gasteiger partial charge in [0.15, 0.2) is 0 Å². The Hall–Kier alpha value is -1.26. The number of methoxy groups -OCH3 is 1. The number of rotatable bonds is 7.